The van der Waals surface area contributed by atoms with Gasteiger partial charge in [0.2, 0.25) is 5.95 Å². The van der Waals surface area contributed by atoms with Crippen molar-refractivity contribution < 1.29 is 9.47 Å². The maximum Gasteiger partial charge on any atom is 0.230 e. The standard InChI is InChI=1S/C27H22ClN3O2/c1-32-24-15-12-19(26-21(24)6-5-9-25(26)33-2)16-29-27-30-22-7-3-4-8-23(22)31(27)17-18-10-13-20(28)14-11-18/h3-16H,17H2,1-2H3/b29-16-. The zero-order valence-corrected chi connectivity index (χ0v) is 19.1. The molecule has 0 unspecified atom stereocenters. The number of rotatable bonds is 6. The molecule has 0 aliphatic heterocycles. The summed E-state index contributed by atoms with van der Waals surface area (Å²) in [5.74, 6) is 2.18. The van der Waals surface area contributed by atoms with Gasteiger partial charge in [-0.05, 0) is 48.0 Å². The van der Waals surface area contributed by atoms with Crippen LogP contribution in [0.15, 0.2) is 83.9 Å². The number of nitrogens with zero attached hydrogens (tertiary/aromatic N) is 3. The fraction of sp³-hybridized carbons (Fsp3) is 0.111. The molecule has 6 heteroatoms. The van der Waals surface area contributed by atoms with E-state index in [1.54, 1.807) is 14.2 Å². The average molecular weight is 456 g/mol. The van der Waals surface area contributed by atoms with Crippen LogP contribution in [0.3, 0.4) is 0 Å². The average Bonchev–Trinajstić information content (AvgIpc) is 3.20. The Morgan fingerprint density at radius 1 is 0.879 bits per heavy atom. The van der Waals surface area contributed by atoms with E-state index < -0.39 is 0 Å². The lowest BCUT2D eigenvalue weighted by atomic mass is 10.0. The number of aliphatic imine (C=N–C) groups is 1. The van der Waals surface area contributed by atoms with Crippen LogP contribution >= 0.6 is 11.6 Å². The van der Waals surface area contributed by atoms with E-state index in [2.05, 4.69) is 10.6 Å². The highest BCUT2D eigenvalue weighted by Crippen LogP contribution is 2.34. The number of hydrogen-bond acceptors (Lipinski definition) is 4. The third kappa shape index (κ3) is 4.03. The van der Waals surface area contributed by atoms with Crippen molar-refractivity contribution in [1.29, 1.82) is 0 Å². The predicted octanol–water partition coefficient (Wildman–Crippen LogP) is 6.66. The summed E-state index contributed by atoms with van der Waals surface area (Å²) in [7, 11) is 3.34. The molecule has 164 valence electrons. The summed E-state index contributed by atoms with van der Waals surface area (Å²) in [5, 5.41) is 2.63. The van der Waals surface area contributed by atoms with Crippen molar-refractivity contribution >= 4 is 45.6 Å². The SMILES string of the molecule is COc1ccc(/C=N\c2nc3ccccc3n2Cc2ccc(Cl)cc2)c2c(OC)cccc12. The van der Waals surface area contributed by atoms with E-state index in [0.717, 1.165) is 44.4 Å². The van der Waals surface area contributed by atoms with Crippen LogP contribution in [0.1, 0.15) is 11.1 Å². The number of ether oxygens (including phenoxy) is 2. The summed E-state index contributed by atoms with van der Waals surface area (Å²) in [6.45, 7) is 0.636. The Kier molecular flexibility index (Phi) is 5.71. The number of methoxy groups -OCH3 is 2. The van der Waals surface area contributed by atoms with Gasteiger partial charge in [0, 0.05) is 27.6 Å². The highest BCUT2D eigenvalue weighted by atomic mass is 35.5. The van der Waals surface area contributed by atoms with Gasteiger partial charge in [0.15, 0.2) is 0 Å². The van der Waals surface area contributed by atoms with Crippen molar-refractivity contribution in [2.75, 3.05) is 14.2 Å². The molecule has 0 N–H and O–H groups in total. The third-order valence-corrected chi connectivity index (χ3v) is 5.89. The predicted molar refractivity (Wildman–Crippen MR) is 135 cm³/mol. The third-order valence-electron chi connectivity index (χ3n) is 5.64. The molecule has 0 amide bonds. The summed E-state index contributed by atoms with van der Waals surface area (Å²) in [6.07, 6.45) is 1.84. The maximum atomic E-state index is 6.07. The van der Waals surface area contributed by atoms with Crippen molar-refractivity contribution in [3.63, 3.8) is 0 Å². The highest BCUT2D eigenvalue weighted by molar-refractivity contribution is 6.30. The topological polar surface area (TPSA) is 48.6 Å². The molecule has 5 rings (SSSR count). The first kappa shape index (κ1) is 21.0. The molecule has 0 saturated carbocycles. The summed E-state index contributed by atoms with van der Waals surface area (Å²) >= 11 is 6.07. The second-order valence-electron chi connectivity index (χ2n) is 7.61. The minimum absolute atomic E-state index is 0.630. The molecular formula is C27H22ClN3O2. The van der Waals surface area contributed by atoms with E-state index in [4.69, 9.17) is 31.1 Å². The number of fused-ring (bicyclic) bond motifs is 2. The monoisotopic (exact) mass is 455 g/mol. The van der Waals surface area contributed by atoms with Crippen LogP contribution in [0.2, 0.25) is 5.02 Å². The molecule has 1 heterocycles. The molecule has 0 bridgehead atoms. The van der Waals surface area contributed by atoms with E-state index in [1.807, 2.05) is 79.0 Å². The van der Waals surface area contributed by atoms with Gasteiger partial charge in [0.1, 0.15) is 11.5 Å². The Morgan fingerprint density at radius 2 is 1.67 bits per heavy atom. The summed E-state index contributed by atoms with van der Waals surface area (Å²) in [6, 6.07) is 25.7. The zero-order chi connectivity index (χ0) is 22.8. The van der Waals surface area contributed by atoms with Crippen LogP contribution in [0, 0.1) is 0 Å². The number of benzene rings is 4. The molecule has 5 aromatic rings. The number of imidazole rings is 1. The van der Waals surface area contributed by atoms with Gasteiger partial charge in [0.05, 0.1) is 31.8 Å². The quantitative estimate of drug-likeness (QED) is 0.269. The van der Waals surface area contributed by atoms with E-state index in [9.17, 15) is 0 Å². The minimum Gasteiger partial charge on any atom is -0.496 e. The number of aromatic nitrogens is 2. The molecule has 0 saturated heterocycles. The molecule has 0 atom stereocenters. The fourth-order valence-electron chi connectivity index (χ4n) is 4.05. The number of halogens is 1. The number of hydrogen-bond donors (Lipinski definition) is 0. The van der Waals surface area contributed by atoms with Gasteiger partial charge in [-0.3, -0.25) is 0 Å². The lowest BCUT2D eigenvalue weighted by Gasteiger charge is -2.11. The molecule has 0 fully saturated rings. The highest BCUT2D eigenvalue weighted by Gasteiger charge is 2.13. The van der Waals surface area contributed by atoms with Crippen LogP contribution in [0.4, 0.5) is 5.95 Å². The van der Waals surface area contributed by atoms with Crippen LogP contribution in [-0.2, 0) is 6.54 Å². The summed E-state index contributed by atoms with van der Waals surface area (Å²) in [5.41, 5.74) is 3.97. The lowest BCUT2D eigenvalue weighted by molar-refractivity contribution is 0.415. The van der Waals surface area contributed by atoms with E-state index in [-0.39, 0.29) is 0 Å². The molecule has 0 aliphatic rings. The van der Waals surface area contributed by atoms with Crippen LogP contribution in [0.5, 0.6) is 11.5 Å². The first-order valence-corrected chi connectivity index (χ1v) is 10.9. The lowest BCUT2D eigenvalue weighted by Crippen LogP contribution is -1.99. The van der Waals surface area contributed by atoms with Crippen LogP contribution in [-0.4, -0.2) is 30.0 Å². The first-order valence-electron chi connectivity index (χ1n) is 10.6. The van der Waals surface area contributed by atoms with E-state index in [1.165, 1.54) is 0 Å². The Labute approximate surface area is 196 Å². The van der Waals surface area contributed by atoms with Gasteiger partial charge in [0.25, 0.3) is 0 Å². The van der Waals surface area contributed by atoms with Crippen molar-refractivity contribution in [2.45, 2.75) is 6.54 Å². The Hall–Kier alpha value is -3.83. The molecule has 0 radical (unpaired) electrons. The van der Waals surface area contributed by atoms with E-state index in [0.29, 0.717) is 17.5 Å². The molecule has 0 spiro atoms. The second-order valence-corrected chi connectivity index (χ2v) is 8.05. The van der Waals surface area contributed by atoms with E-state index >= 15 is 0 Å². The molecular weight excluding hydrogens is 434 g/mol. The van der Waals surface area contributed by atoms with Gasteiger partial charge >= 0.3 is 0 Å². The maximum absolute atomic E-state index is 6.07. The summed E-state index contributed by atoms with van der Waals surface area (Å²) in [4.78, 5) is 9.59. The van der Waals surface area contributed by atoms with Crippen molar-refractivity contribution in [3.8, 4) is 11.5 Å². The van der Waals surface area contributed by atoms with Gasteiger partial charge in [-0.25, -0.2) is 9.98 Å². The van der Waals surface area contributed by atoms with Crippen LogP contribution < -0.4 is 9.47 Å². The van der Waals surface area contributed by atoms with Crippen molar-refractivity contribution in [3.05, 3.63) is 95.0 Å². The van der Waals surface area contributed by atoms with Crippen molar-refractivity contribution in [1.82, 2.24) is 9.55 Å². The summed E-state index contributed by atoms with van der Waals surface area (Å²) < 4.78 is 13.3. The minimum atomic E-state index is 0.630. The smallest absolute Gasteiger partial charge is 0.230 e. The molecule has 4 aromatic carbocycles. The molecule has 5 nitrogen and oxygen atoms in total. The Bertz CT molecular complexity index is 1470. The second kappa shape index (κ2) is 8.96. The zero-order valence-electron chi connectivity index (χ0n) is 18.3. The van der Waals surface area contributed by atoms with Gasteiger partial charge in [-0.1, -0.05) is 48.0 Å². The Balaban J connectivity index is 1.62. The van der Waals surface area contributed by atoms with Crippen LogP contribution in [0.25, 0.3) is 21.8 Å². The Morgan fingerprint density at radius 3 is 2.45 bits per heavy atom. The molecule has 0 aliphatic carbocycles. The fourth-order valence-corrected chi connectivity index (χ4v) is 4.17. The van der Waals surface area contributed by atoms with Gasteiger partial charge in [-0.2, -0.15) is 0 Å². The number of para-hydroxylation sites is 2. The largest absolute Gasteiger partial charge is 0.496 e. The first-order chi connectivity index (χ1) is 16.2. The normalized spacial score (nSPS) is 11.5. The molecule has 1 aromatic heterocycles. The van der Waals surface area contributed by atoms with Gasteiger partial charge in [-0.15, -0.1) is 0 Å². The van der Waals surface area contributed by atoms with Crippen molar-refractivity contribution in [2.24, 2.45) is 4.99 Å². The van der Waals surface area contributed by atoms with Gasteiger partial charge < -0.3 is 14.0 Å². The molecule has 33 heavy (non-hydrogen) atoms.